The first kappa shape index (κ1) is 12.3. The largest absolute Gasteiger partial charge is 0.326 e. The summed E-state index contributed by atoms with van der Waals surface area (Å²) in [6.07, 6.45) is 3.25. The van der Waals surface area contributed by atoms with E-state index in [9.17, 15) is 9.59 Å². The van der Waals surface area contributed by atoms with Crippen LogP contribution >= 0.6 is 0 Å². The summed E-state index contributed by atoms with van der Waals surface area (Å²) >= 11 is 0. The molecule has 3 N–H and O–H groups in total. The lowest BCUT2D eigenvalue weighted by Crippen LogP contribution is -2.15. The normalized spacial score (nSPS) is 13.8. The Morgan fingerprint density at radius 2 is 1.95 bits per heavy atom. The highest BCUT2D eigenvalue weighted by molar-refractivity contribution is 6.03. The average molecular weight is 271 g/mol. The van der Waals surface area contributed by atoms with Crippen molar-refractivity contribution in [1.82, 2.24) is 15.4 Å². The molecular formula is C13H13N5O2. The van der Waals surface area contributed by atoms with Crippen molar-refractivity contribution in [2.45, 2.75) is 12.8 Å². The van der Waals surface area contributed by atoms with Crippen LogP contribution in [-0.4, -0.2) is 27.2 Å². The molecule has 1 heterocycles. The Balaban J connectivity index is 1.67. The molecule has 20 heavy (non-hydrogen) atoms. The van der Waals surface area contributed by atoms with Gasteiger partial charge in [0.2, 0.25) is 5.91 Å². The molecule has 1 aliphatic rings. The third kappa shape index (κ3) is 2.82. The predicted octanol–water partition coefficient (Wildman–Crippen LogP) is 1.41. The zero-order valence-corrected chi connectivity index (χ0v) is 10.6. The SMILES string of the molecule is O=C(Nc1cccc(NC(=O)C2CC2)c1)c1cn[nH]n1. The van der Waals surface area contributed by atoms with Gasteiger partial charge in [0.25, 0.3) is 5.91 Å². The molecule has 0 radical (unpaired) electrons. The lowest BCUT2D eigenvalue weighted by molar-refractivity contribution is -0.117. The van der Waals surface area contributed by atoms with Gasteiger partial charge in [-0.05, 0) is 31.0 Å². The molecule has 0 unspecified atom stereocenters. The smallest absolute Gasteiger partial charge is 0.277 e. The first-order valence-electron chi connectivity index (χ1n) is 6.30. The van der Waals surface area contributed by atoms with Crippen molar-refractivity contribution in [1.29, 1.82) is 0 Å². The fraction of sp³-hybridized carbons (Fsp3) is 0.231. The van der Waals surface area contributed by atoms with E-state index >= 15 is 0 Å². The molecule has 1 aromatic heterocycles. The molecule has 0 saturated heterocycles. The molecule has 0 aliphatic heterocycles. The molecule has 7 nitrogen and oxygen atoms in total. The monoisotopic (exact) mass is 271 g/mol. The van der Waals surface area contributed by atoms with Crippen LogP contribution in [0.5, 0.6) is 0 Å². The van der Waals surface area contributed by atoms with Crippen LogP contribution in [0.25, 0.3) is 0 Å². The summed E-state index contributed by atoms with van der Waals surface area (Å²) < 4.78 is 0. The number of aromatic nitrogens is 3. The molecule has 0 bridgehead atoms. The van der Waals surface area contributed by atoms with Crippen molar-refractivity contribution in [2.24, 2.45) is 5.92 Å². The van der Waals surface area contributed by atoms with Crippen molar-refractivity contribution < 1.29 is 9.59 Å². The highest BCUT2D eigenvalue weighted by Crippen LogP contribution is 2.30. The van der Waals surface area contributed by atoms with Crippen molar-refractivity contribution >= 4 is 23.2 Å². The second-order valence-corrected chi connectivity index (χ2v) is 4.65. The van der Waals surface area contributed by atoms with Crippen LogP contribution in [-0.2, 0) is 4.79 Å². The first-order valence-corrected chi connectivity index (χ1v) is 6.30. The van der Waals surface area contributed by atoms with Gasteiger partial charge in [-0.25, -0.2) is 0 Å². The van der Waals surface area contributed by atoms with Gasteiger partial charge in [-0.3, -0.25) is 9.59 Å². The van der Waals surface area contributed by atoms with E-state index in [0.717, 1.165) is 12.8 Å². The summed E-state index contributed by atoms with van der Waals surface area (Å²) in [5, 5.41) is 15.2. The number of carbonyl (C=O) groups excluding carboxylic acids is 2. The van der Waals surface area contributed by atoms with Gasteiger partial charge in [0.1, 0.15) is 0 Å². The molecule has 1 fully saturated rings. The van der Waals surface area contributed by atoms with Crippen LogP contribution in [0.2, 0.25) is 0 Å². The van der Waals surface area contributed by atoms with Crippen molar-refractivity contribution in [3.8, 4) is 0 Å². The summed E-state index contributed by atoms with van der Waals surface area (Å²) in [4.78, 5) is 23.5. The van der Waals surface area contributed by atoms with Crippen LogP contribution in [0.3, 0.4) is 0 Å². The zero-order chi connectivity index (χ0) is 13.9. The third-order valence-electron chi connectivity index (χ3n) is 2.98. The quantitative estimate of drug-likeness (QED) is 0.782. The Kier molecular flexibility index (Phi) is 3.16. The molecular weight excluding hydrogens is 258 g/mol. The number of H-pyrrole nitrogens is 1. The van der Waals surface area contributed by atoms with E-state index in [1.165, 1.54) is 6.20 Å². The second kappa shape index (κ2) is 5.12. The van der Waals surface area contributed by atoms with Crippen LogP contribution in [0.4, 0.5) is 11.4 Å². The van der Waals surface area contributed by atoms with Crippen molar-refractivity contribution in [3.63, 3.8) is 0 Å². The van der Waals surface area contributed by atoms with Gasteiger partial charge in [-0.1, -0.05) is 6.07 Å². The zero-order valence-electron chi connectivity index (χ0n) is 10.6. The van der Waals surface area contributed by atoms with Gasteiger partial charge in [0, 0.05) is 17.3 Å². The number of amides is 2. The van der Waals surface area contributed by atoms with Crippen molar-refractivity contribution in [2.75, 3.05) is 10.6 Å². The lowest BCUT2D eigenvalue weighted by atomic mass is 10.2. The van der Waals surface area contributed by atoms with Gasteiger partial charge in [-0.2, -0.15) is 15.4 Å². The number of hydrogen-bond acceptors (Lipinski definition) is 4. The van der Waals surface area contributed by atoms with E-state index in [2.05, 4.69) is 26.0 Å². The number of carbonyl (C=O) groups is 2. The van der Waals surface area contributed by atoms with Crippen LogP contribution in [0, 0.1) is 5.92 Å². The van der Waals surface area contributed by atoms with Gasteiger partial charge in [-0.15, -0.1) is 0 Å². The Hall–Kier alpha value is -2.70. The van der Waals surface area contributed by atoms with E-state index < -0.39 is 0 Å². The Morgan fingerprint density at radius 1 is 1.20 bits per heavy atom. The Labute approximate surface area is 114 Å². The summed E-state index contributed by atoms with van der Waals surface area (Å²) in [6, 6.07) is 7.00. The number of aromatic amines is 1. The number of anilines is 2. The van der Waals surface area contributed by atoms with E-state index in [4.69, 9.17) is 0 Å². The predicted molar refractivity (Wildman–Crippen MR) is 72.1 cm³/mol. The maximum Gasteiger partial charge on any atom is 0.277 e. The van der Waals surface area contributed by atoms with E-state index in [0.29, 0.717) is 11.4 Å². The molecule has 1 saturated carbocycles. The molecule has 102 valence electrons. The highest BCUT2D eigenvalue weighted by atomic mass is 16.2. The number of hydrogen-bond donors (Lipinski definition) is 3. The molecule has 1 aliphatic carbocycles. The number of benzene rings is 1. The lowest BCUT2D eigenvalue weighted by Gasteiger charge is -2.07. The number of nitrogens with one attached hydrogen (secondary N) is 3. The maximum atomic E-state index is 11.8. The molecule has 2 aromatic rings. The Bertz CT molecular complexity index is 634. The summed E-state index contributed by atoms with van der Waals surface area (Å²) in [5.41, 5.74) is 1.46. The molecule has 2 amide bonds. The maximum absolute atomic E-state index is 11.8. The Morgan fingerprint density at radius 3 is 2.60 bits per heavy atom. The molecule has 0 spiro atoms. The third-order valence-corrected chi connectivity index (χ3v) is 2.98. The first-order chi connectivity index (χ1) is 9.72. The topological polar surface area (TPSA) is 99.8 Å². The fourth-order valence-corrected chi connectivity index (χ4v) is 1.77. The molecule has 0 atom stereocenters. The van der Waals surface area contributed by atoms with Gasteiger partial charge < -0.3 is 10.6 Å². The van der Waals surface area contributed by atoms with Crippen molar-refractivity contribution in [3.05, 3.63) is 36.2 Å². The van der Waals surface area contributed by atoms with E-state index in [1.54, 1.807) is 24.3 Å². The summed E-state index contributed by atoms with van der Waals surface area (Å²) in [5.74, 6) is -0.183. The number of rotatable bonds is 4. The minimum atomic E-state index is -0.357. The minimum Gasteiger partial charge on any atom is -0.326 e. The fourth-order valence-electron chi connectivity index (χ4n) is 1.77. The molecule has 3 rings (SSSR count). The second-order valence-electron chi connectivity index (χ2n) is 4.65. The summed E-state index contributed by atoms with van der Waals surface area (Å²) in [6.45, 7) is 0. The highest BCUT2D eigenvalue weighted by Gasteiger charge is 2.29. The van der Waals surface area contributed by atoms with Gasteiger partial charge in [0.15, 0.2) is 5.69 Å². The molecule has 1 aromatic carbocycles. The van der Waals surface area contributed by atoms with Crippen LogP contribution in [0.15, 0.2) is 30.5 Å². The minimum absolute atomic E-state index is 0.0324. The van der Waals surface area contributed by atoms with E-state index in [1.807, 2.05) is 0 Å². The van der Waals surface area contributed by atoms with E-state index in [-0.39, 0.29) is 23.4 Å². The molecule has 7 heteroatoms. The van der Waals surface area contributed by atoms with Gasteiger partial charge >= 0.3 is 0 Å². The average Bonchev–Trinajstić information content (AvgIpc) is 3.14. The van der Waals surface area contributed by atoms with Gasteiger partial charge in [0.05, 0.1) is 6.20 Å². The summed E-state index contributed by atoms with van der Waals surface area (Å²) in [7, 11) is 0. The number of nitrogens with zero attached hydrogens (tertiary/aromatic N) is 2. The standard InChI is InChI=1S/C13H13N5O2/c19-12(8-4-5-8)15-9-2-1-3-10(6-9)16-13(20)11-7-14-18-17-11/h1-3,6-8H,4-5H2,(H,15,19)(H,16,20)(H,14,17,18). The van der Waals surface area contributed by atoms with Crippen LogP contribution < -0.4 is 10.6 Å². The van der Waals surface area contributed by atoms with Crippen LogP contribution in [0.1, 0.15) is 23.3 Å².